The summed E-state index contributed by atoms with van der Waals surface area (Å²) in [6.07, 6.45) is 2.23. The molecule has 1 aliphatic heterocycles. The molecular weight excluding hydrogens is 362 g/mol. The Morgan fingerprint density at radius 1 is 1.07 bits per heavy atom. The highest BCUT2D eigenvalue weighted by atomic mass is 16.6. The normalized spacial score (nSPS) is 19.1. The second kappa shape index (κ2) is 8.64. The van der Waals surface area contributed by atoms with Crippen LogP contribution in [0.2, 0.25) is 0 Å². The first-order valence-electron chi connectivity index (χ1n) is 10.2. The van der Waals surface area contributed by atoms with E-state index >= 15 is 0 Å². The molecule has 4 nitrogen and oxygen atoms in total. The molecule has 1 heterocycles. The third-order valence-electron chi connectivity index (χ3n) is 5.54. The fraction of sp³-hybridized carbons (Fsp3) is 0.360. The molecule has 152 valence electrons. The second-order valence-electron chi connectivity index (χ2n) is 8.12. The summed E-state index contributed by atoms with van der Waals surface area (Å²) in [7, 11) is 0. The maximum Gasteiger partial charge on any atom is 0.418 e. The van der Waals surface area contributed by atoms with Gasteiger partial charge in [0.25, 0.3) is 0 Å². The number of hydrogen-bond acceptors (Lipinski definition) is 3. The van der Waals surface area contributed by atoms with Crippen molar-refractivity contribution in [1.29, 1.82) is 0 Å². The van der Waals surface area contributed by atoms with Crippen molar-refractivity contribution in [1.82, 2.24) is 4.90 Å². The average molecular weight is 392 g/mol. The molecule has 2 atom stereocenters. The van der Waals surface area contributed by atoms with Crippen LogP contribution < -0.4 is 0 Å². The molecule has 1 unspecified atom stereocenters. The van der Waals surface area contributed by atoms with E-state index in [0.717, 1.165) is 17.5 Å². The van der Waals surface area contributed by atoms with Crippen LogP contribution >= 0.6 is 0 Å². The summed E-state index contributed by atoms with van der Waals surface area (Å²) in [6.45, 7) is 9.80. The maximum absolute atomic E-state index is 13.2. The van der Waals surface area contributed by atoms with Crippen molar-refractivity contribution in [2.24, 2.45) is 11.8 Å². The summed E-state index contributed by atoms with van der Waals surface area (Å²) >= 11 is 0. The summed E-state index contributed by atoms with van der Waals surface area (Å²) in [5.74, 6) is -0.0821. The predicted octanol–water partition coefficient (Wildman–Crippen LogP) is 5.54. The standard InChI is InChI=1S/C25H29NO3/c1-5-12-19(4)17-22(27)26-23(18(2)3)25(29-24(26)28,20-13-8-6-9-14-20)21-15-10-7-11-16-21/h5-11,13-16,18-19,23H,1,12,17H2,2-4H3/t19-,23?/m1/s1. The van der Waals surface area contributed by atoms with Crippen LogP contribution in [0.4, 0.5) is 4.79 Å². The van der Waals surface area contributed by atoms with Gasteiger partial charge >= 0.3 is 6.09 Å². The van der Waals surface area contributed by atoms with Crippen LogP contribution in [0.1, 0.15) is 44.7 Å². The highest BCUT2D eigenvalue weighted by Gasteiger charge is 2.59. The number of ether oxygens (including phenoxy) is 1. The predicted molar refractivity (Wildman–Crippen MR) is 114 cm³/mol. The number of allylic oxidation sites excluding steroid dienone is 1. The number of cyclic esters (lactones) is 1. The molecule has 0 aromatic heterocycles. The van der Waals surface area contributed by atoms with Crippen molar-refractivity contribution in [2.45, 2.75) is 45.3 Å². The fourth-order valence-electron chi connectivity index (χ4n) is 4.33. The molecule has 1 saturated heterocycles. The fourth-order valence-corrected chi connectivity index (χ4v) is 4.33. The summed E-state index contributed by atoms with van der Waals surface area (Å²) in [6, 6.07) is 19.0. The highest BCUT2D eigenvalue weighted by molar-refractivity contribution is 5.95. The van der Waals surface area contributed by atoms with E-state index in [4.69, 9.17) is 4.74 Å². The van der Waals surface area contributed by atoms with Crippen molar-refractivity contribution >= 4 is 12.0 Å². The van der Waals surface area contributed by atoms with Gasteiger partial charge in [0.1, 0.15) is 0 Å². The molecule has 0 radical (unpaired) electrons. The van der Waals surface area contributed by atoms with Crippen LogP contribution in [-0.4, -0.2) is 22.9 Å². The SMILES string of the molecule is C=CC[C@@H](C)CC(=O)N1C(=O)OC(c2ccccc2)(c2ccccc2)C1C(C)C. The van der Waals surface area contributed by atoms with Gasteiger partial charge in [-0.1, -0.05) is 87.5 Å². The van der Waals surface area contributed by atoms with E-state index in [-0.39, 0.29) is 24.2 Å². The molecule has 4 heteroatoms. The third kappa shape index (κ3) is 3.84. The van der Waals surface area contributed by atoms with E-state index in [1.165, 1.54) is 4.90 Å². The van der Waals surface area contributed by atoms with Gasteiger partial charge in [-0.15, -0.1) is 6.58 Å². The number of nitrogens with zero attached hydrogens (tertiary/aromatic N) is 1. The zero-order chi connectivity index (χ0) is 21.0. The number of carbonyl (C=O) groups is 2. The molecular formula is C25H29NO3. The Morgan fingerprint density at radius 3 is 2.03 bits per heavy atom. The van der Waals surface area contributed by atoms with E-state index in [1.54, 1.807) is 6.08 Å². The monoisotopic (exact) mass is 391 g/mol. The summed E-state index contributed by atoms with van der Waals surface area (Å²) in [5.41, 5.74) is 0.700. The number of imide groups is 1. The van der Waals surface area contributed by atoms with Crippen LogP contribution in [-0.2, 0) is 15.1 Å². The van der Waals surface area contributed by atoms with Crippen molar-refractivity contribution in [3.63, 3.8) is 0 Å². The number of rotatable bonds is 7. The Hall–Kier alpha value is -2.88. The third-order valence-corrected chi connectivity index (χ3v) is 5.54. The van der Waals surface area contributed by atoms with E-state index in [9.17, 15) is 9.59 Å². The first kappa shape index (κ1) is 20.8. The first-order chi connectivity index (χ1) is 13.9. The average Bonchev–Trinajstić information content (AvgIpc) is 3.04. The topological polar surface area (TPSA) is 46.6 Å². The van der Waals surface area contributed by atoms with Gasteiger partial charge in [-0.3, -0.25) is 4.79 Å². The molecule has 0 aliphatic carbocycles. The minimum absolute atomic E-state index is 0.000484. The largest absolute Gasteiger partial charge is 0.430 e. The Bertz CT molecular complexity index is 821. The quantitative estimate of drug-likeness (QED) is 0.583. The molecule has 1 aliphatic rings. The minimum Gasteiger partial charge on any atom is -0.430 e. The van der Waals surface area contributed by atoms with Gasteiger partial charge in [0.2, 0.25) is 5.91 Å². The zero-order valence-electron chi connectivity index (χ0n) is 17.4. The highest BCUT2D eigenvalue weighted by Crippen LogP contribution is 2.47. The molecule has 2 amide bonds. The lowest BCUT2D eigenvalue weighted by Gasteiger charge is -2.37. The smallest absolute Gasteiger partial charge is 0.418 e. The van der Waals surface area contributed by atoms with Crippen LogP contribution in [0.5, 0.6) is 0 Å². The number of amides is 2. The number of carbonyl (C=O) groups excluding carboxylic acids is 2. The summed E-state index contributed by atoms with van der Waals surface area (Å²) in [5, 5.41) is 0. The van der Waals surface area contributed by atoms with Crippen LogP contribution in [0, 0.1) is 11.8 Å². The molecule has 0 saturated carbocycles. The van der Waals surface area contributed by atoms with Gasteiger partial charge < -0.3 is 4.74 Å². The maximum atomic E-state index is 13.2. The second-order valence-corrected chi connectivity index (χ2v) is 8.12. The van der Waals surface area contributed by atoms with E-state index in [1.807, 2.05) is 81.4 Å². The van der Waals surface area contributed by atoms with E-state index in [2.05, 4.69) is 6.58 Å². The number of hydrogen-bond donors (Lipinski definition) is 0. The summed E-state index contributed by atoms with van der Waals surface area (Å²) < 4.78 is 6.12. The van der Waals surface area contributed by atoms with Crippen molar-refractivity contribution < 1.29 is 14.3 Å². The molecule has 0 spiro atoms. The molecule has 0 N–H and O–H groups in total. The molecule has 2 aromatic carbocycles. The van der Waals surface area contributed by atoms with Crippen molar-refractivity contribution in [3.8, 4) is 0 Å². The molecule has 3 rings (SSSR count). The van der Waals surface area contributed by atoms with E-state index in [0.29, 0.717) is 0 Å². The van der Waals surface area contributed by atoms with Crippen LogP contribution in [0.15, 0.2) is 73.3 Å². The van der Waals surface area contributed by atoms with Crippen LogP contribution in [0.25, 0.3) is 0 Å². The lowest BCUT2D eigenvalue weighted by atomic mass is 9.75. The molecule has 2 aromatic rings. The Kier molecular flexibility index (Phi) is 6.21. The van der Waals surface area contributed by atoms with Gasteiger partial charge in [-0.05, 0) is 18.3 Å². The van der Waals surface area contributed by atoms with Gasteiger partial charge in [0.15, 0.2) is 5.60 Å². The Labute approximate surface area is 173 Å². The van der Waals surface area contributed by atoms with Crippen molar-refractivity contribution in [2.75, 3.05) is 0 Å². The summed E-state index contributed by atoms with van der Waals surface area (Å²) in [4.78, 5) is 27.6. The lowest BCUT2D eigenvalue weighted by molar-refractivity contribution is -0.131. The molecule has 0 bridgehead atoms. The van der Waals surface area contributed by atoms with E-state index < -0.39 is 17.7 Å². The Balaban J connectivity index is 2.13. The zero-order valence-corrected chi connectivity index (χ0v) is 17.4. The van der Waals surface area contributed by atoms with Crippen molar-refractivity contribution in [3.05, 3.63) is 84.4 Å². The van der Waals surface area contributed by atoms with Gasteiger partial charge in [0.05, 0.1) is 6.04 Å². The van der Waals surface area contributed by atoms with Gasteiger partial charge in [-0.2, -0.15) is 0 Å². The van der Waals surface area contributed by atoms with Gasteiger partial charge in [0, 0.05) is 17.5 Å². The first-order valence-corrected chi connectivity index (χ1v) is 10.2. The Morgan fingerprint density at radius 2 is 1.59 bits per heavy atom. The molecule has 29 heavy (non-hydrogen) atoms. The number of benzene rings is 2. The minimum atomic E-state index is -1.04. The van der Waals surface area contributed by atoms with Crippen LogP contribution in [0.3, 0.4) is 0 Å². The molecule has 1 fully saturated rings. The lowest BCUT2D eigenvalue weighted by Crippen LogP contribution is -2.50. The van der Waals surface area contributed by atoms with Gasteiger partial charge in [-0.25, -0.2) is 9.69 Å².